The van der Waals surface area contributed by atoms with Crippen LogP contribution in [-0.2, 0) is 6.54 Å². The van der Waals surface area contributed by atoms with Crippen LogP contribution in [0.25, 0.3) is 0 Å². The van der Waals surface area contributed by atoms with Crippen LogP contribution in [0.2, 0.25) is 0 Å². The first kappa shape index (κ1) is 20.9. The van der Waals surface area contributed by atoms with Crippen LogP contribution < -0.4 is 20.4 Å². The van der Waals surface area contributed by atoms with Crippen molar-refractivity contribution in [3.63, 3.8) is 0 Å². The fraction of sp³-hybridized carbons (Fsp3) is 0.591. The molecule has 0 radical (unpaired) electrons. The van der Waals surface area contributed by atoms with Gasteiger partial charge in [-0.15, -0.1) is 0 Å². The zero-order valence-electron chi connectivity index (χ0n) is 17.9. The van der Waals surface area contributed by atoms with Gasteiger partial charge in [-0.3, -0.25) is 0 Å². The van der Waals surface area contributed by atoms with Crippen LogP contribution in [0.3, 0.4) is 0 Å². The van der Waals surface area contributed by atoms with Crippen LogP contribution in [0.15, 0.2) is 28.9 Å². The molecule has 2 aromatic rings. The molecule has 0 bridgehead atoms. The topological polar surface area (TPSA) is 69.5 Å². The van der Waals surface area contributed by atoms with E-state index in [0.717, 1.165) is 37.0 Å². The monoisotopic (exact) mass is 428 g/mol. The average Bonchev–Trinajstić information content (AvgIpc) is 3.26. The Morgan fingerprint density at radius 2 is 2.03 bits per heavy atom. The summed E-state index contributed by atoms with van der Waals surface area (Å²) < 4.78 is 5.36. The molecule has 0 aromatic carbocycles. The van der Waals surface area contributed by atoms with Crippen LogP contribution in [0.5, 0.6) is 0 Å². The predicted molar refractivity (Wildman–Crippen MR) is 125 cm³/mol. The maximum atomic E-state index is 5.48. The molecule has 162 valence electrons. The lowest BCUT2D eigenvalue weighted by molar-refractivity contribution is 0.444. The maximum Gasteiger partial charge on any atom is 0.232 e. The van der Waals surface area contributed by atoms with E-state index in [1.807, 2.05) is 12.1 Å². The first-order valence-corrected chi connectivity index (χ1v) is 11.5. The first-order valence-electron chi connectivity index (χ1n) is 11.1. The van der Waals surface area contributed by atoms with Crippen LogP contribution >= 0.6 is 12.2 Å². The summed E-state index contributed by atoms with van der Waals surface area (Å²) in [5.74, 6) is 4.04. The fourth-order valence-electron chi connectivity index (χ4n) is 4.35. The Hall–Kier alpha value is -2.35. The second kappa shape index (κ2) is 9.64. The van der Waals surface area contributed by atoms with E-state index in [1.54, 1.807) is 6.26 Å². The second-order valence-electron chi connectivity index (χ2n) is 8.53. The number of anilines is 3. The zero-order chi connectivity index (χ0) is 20.9. The van der Waals surface area contributed by atoms with Crippen LogP contribution in [0.1, 0.15) is 51.7 Å². The average molecular weight is 429 g/mol. The number of aromatic nitrogens is 2. The highest BCUT2D eigenvalue weighted by atomic mass is 32.1. The van der Waals surface area contributed by atoms with Crippen molar-refractivity contribution in [2.75, 3.05) is 34.8 Å². The van der Waals surface area contributed by atoms with E-state index in [-0.39, 0.29) is 0 Å². The highest BCUT2D eigenvalue weighted by Crippen LogP contribution is 2.29. The van der Waals surface area contributed by atoms with Crippen molar-refractivity contribution in [2.24, 2.45) is 5.92 Å². The molecule has 2 N–H and O–H groups in total. The summed E-state index contributed by atoms with van der Waals surface area (Å²) in [6.45, 7) is 8.23. The lowest BCUT2D eigenvalue weighted by atomic mass is 10.0. The van der Waals surface area contributed by atoms with Crippen LogP contribution in [0.4, 0.5) is 17.6 Å². The molecule has 2 aliphatic rings. The molecule has 2 fully saturated rings. The third-order valence-corrected chi connectivity index (χ3v) is 6.25. The van der Waals surface area contributed by atoms with Crippen molar-refractivity contribution < 1.29 is 4.42 Å². The lowest BCUT2D eigenvalue weighted by Gasteiger charge is -2.36. The quantitative estimate of drug-likeness (QED) is 0.688. The summed E-state index contributed by atoms with van der Waals surface area (Å²) in [6, 6.07) is 6.43. The van der Waals surface area contributed by atoms with Crippen molar-refractivity contribution in [1.82, 2.24) is 15.3 Å². The van der Waals surface area contributed by atoms with Gasteiger partial charge in [-0.2, -0.15) is 9.97 Å². The number of nitrogens with one attached hydrogen (secondary N) is 2. The molecular formula is C22H32N6OS. The highest BCUT2D eigenvalue weighted by molar-refractivity contribution is 7.80. The Balaban J connectivity index is 1.53. The third-order valence-electron chi connectivity index (χ3n) is 6.01. The Bertz CT molecular complexity index is 842. The minimum atomic E-state index is 0.485. The molecule has 4 rings (SSSR count). The summed E-state index contributed by atoms with van der Waals surface area (Å²) in [6.07, 6.45) is 7.83. The Kier molecular flexibility index (Phi) is 6.72. The normalized spacial score (nSPS) is 22.1. The number of piperidine rings is 2. The summed E-state index contributed by atoms with van der Waals surface area (Å²) in [5, 5.41) is 6.85. The van der Waals surface area contributed by atoms with Gasteiger partial charge in [0.25, 0.3) is 0 Å². The van der Waals surface area contributed by atoms with E-state index in [2.05, 4.69) is 40.3 Å². The SMILES string of the molecule is C[C@H]1CCCN(c2cc(N3CCCC[C@@H]3C)nc(NC(=S)NCc3ccco3)n2)C1. The highest BCUT2D eigenvalue weighted by Gasteiger charge is 2.24. The first-order chi connectivity index (χ1) is 14.6. The van der Waals surface area contributed by atoms with Crippen molar-refractivity contribution in [3.05, 3.63) is 30.2 Å². The second-order valence-corrected chi connectivity index (χ2v) is 8.93. The smallest absolute Gasteiger partial charge is 0.232 e. The summed E-state index contributed by atoms with van der Waals surface area (Å²) in [5.41, 5.74) is 0. The summed E-state index contributed by atoms with van der Waals surface area (Å²) in [7, 11) is 0. The Morgan fingerprint density at radius 3 is 2.80 bits per heavy atom. The molecule has 2 atom stereocenters. The Morgan fingerprint density at radius 1 is 1.17 bits per heavy atom. The number of thiocarbonyl (C=S) groups is 1. The molecule has 2 saturated heterocycles. The van der Waals surface area contributed by atoms with E-state index in [9.17, 15) is 0 Å². The number of furan rings is 1. The van der Waals surface area contributed by atoms with E-state index in [1.165, 1.54) is 32.1 Å². The molecular weight excluding hydrogens is 396 g/mol. The summed E-state index contributed by atoms with van der Waals surface area (Å²) in [4.78, 5) is 14.5. The van der Waals surface area contributed by atoms with E-state index >= 15 is 0 Å². The molecule has 4 heterocycles. The lowest BCUT2D eigenvalue weighted by Crippen LogP contribution is -2.39. The molecule has 2 aromatic heterocycles. The van der Waals surface area contributed by atoms with E-state index < -0.39 is 0 Å². The van der Waals surface area contributed by atoms with Crippen molar-refractivity contribution in [1.29, 1.82) is 0 Å². The molecule has 0 saturated carbocycles. The molecule has 2 aliphatic heterocycles. The van der Waals surface area contributed by atoms with E-state index in [0.29, 0.717) is 29.6 Å². The van der Waals surface area contributed by atoms with Crippen LogP contribution in [-0.4, -0.2) is 40.8 Å². The van der Waals surface area contributed by atoms with Gasteiger partial charge in [-0.05, 0) is 69.3 Å². The van der Waals surface area contributed by atoms with Gasteiger partial charge in [0.15, 0.2) is 5.11 Å². The van der Waals surface area contributed by atoms with Crippen molar-refractivity contribution in [3.8, 4) is 0 Å². The van der Waals surface area contributed by atoms with Gasteiger partial charge >= 0.3 is 0 Å². The van der Waals surface area contributed by atoms with Crippen LogP contribution in [0, 0.1) is 5.92 Å². The minimum absolute atomic E-state index is 0.485. The maximum absolute atomic E-state index is 5.48. The van der Waals surface area contributed by atoms with Gasteiger partial charge in [-0.1, -0.05) is 6.92 Å². The number of nitrogens with zero attached hydrogens (tertiary/aromatic N) is 4. The standard InChI is InChI=1S/C22H32N6OS/c1-16-7-5-10-27(15-16)19-13-20(28-11-4-3-8-17(28)2)25-21(24-19)26-22(30)23-14-18-9-6-12-29-18/h6,9,12-13,16-17H,3-5,7-8,10-11,14-15H2,1-2H3,(H2,23,24,25,26,30)/t16-,17-/m0/s1. The molecule has 0 aliphatic carbocycles. The fourth-order valence-corrected chi connectivity index (χ4v) is 4.51. The van der Waals surface area contributed by atoms with Gasteiger partial charge < -0.3 is 24.9 Å². The van der Waals surface area contributed by atoms with Crippen molar-refractivity contribution >= 4 is 34.9 Å². The third kappa shape index (κ3) is 5.22. The molecule has 0 unspecified atom stereocenters. The molecule has 7 nitrogen and oxygen atoms in total. The molecule has 8 heteroatoms. The van der Waals surface area contributed by atoms with Gasteiger partial charge in [0.1, 0.15) is 17.4 Å². The molecule has 0 spiro atoms. The minimum Gasteiger partial charge on any atom is -0.467 e. The summed E-state index contributed by atoms with van der Waals surface area (Å²) >= 11 is 5.48. The Labute approximate surface area is 184 Å². The largest absolute Gasteiger partial charge is 0.467 e. The zero-order valence-corrected chi connectivity index (χ0v) is 18.7. The predicted octanol–water partition coefficient (Wildman–Crippen LogP) is 4.17. The van der Waals surface area contributed by atoms with E-state index in [4.69, 9.17) is 26.6 Å². The van der Waals surface area contributed by atoms with Crippen molar-refractivity contribution in [2.45, 2.75) is 58.5 Å². The molecule has 30 heavy (non-hydrogen) atoms. The van der Waals surface area contributed by atoms with Gasteiger partial charge in [0, 0.05) is 31.7 Å². The van der Waals surface area contributed by atoms with Gasteiger partial charge in [0.2, 0.25) is 5.95 Å². The number of rotatable bonds is 5. The molecule has 0 amide bonds. The number of hydrogen-bond donors (Lipinski definition) is 2. The van der Waals surface area contributed by atoms with Gasteiger partial charge in [-0.25, -0.2) is 0 Å². The van der Waals surface area contributed by atoms with Gasteiger partial charge in [0.05, 0.1) is 12.8 Å². The number of hydrogen-bond acceptors (Lipinski definition) is 6.